The molecule has 1 aromatic heterocycles. The predicted octanol–water partition coefficient (Wildman–Crippen LogP) is 5.04. The molecule has 0 aromatic carbocycles. The van der Waals surface area contributed by atoms with E-state index in [4.69, 9.17) is 4.42 Å². The van der Waals surface area contributed by atoms with Crippen LogP contribution in [0.1, 0.15) is 84.3 Å². The number of rotatable bonds is 11. The first-order valence-electron chi connectivity index (χ1n) is 8.36. The Morgan fingerprint density at radius 1 is 1.00 bits per heavy atom. The number of unbranched alkanes of at least 4 members (excludes halogenated alkanes) is 3. The second-order valence-corrected chi connectivity index (χ2v) is 11.0. The van der Waals surface area contributed by atoms with Crippen LogP contribution < -0.4 is 3.91 Å². The standard InChI is InChI=1S/C13H27.C4H4NO.Sn/c1-4-7-10-13(11-8-5-2)12-9-6-3;1-4-2-5-3-6-4;/h4-12H2,1-3H3;2H,1H3;. The monoisotopic (exact) mass is 385 g/mol. The molecule has 0 amide bonds. The summed E-state index contributed by atoms with van der Waals surface area (Å²) in [5, 5.41) is 0. The number of nitrogens with zero attached hydrogens (tertiary/aromatic N) is 1. The first-order valence-corrected chi connectivity index (χ1v) is 11.2. The van der Waals surface area contributed by atoms with Gasteiger partial charge in [-0.25, -0.2) is 0 Å². The van der Waals surface area contributed by atoms with Gasteiger partial charge in [-0.3, -0.25) is 0 Å². The molecule has 1 aromatic rings. The SMILES string of the molecule is CCCC[C](CCCC)(CCCC)[Sn][c]1ncc(C)o1. The van der Waals surface area contributed by atoms with Gasteiger partial charge in [0.15, 0.2) is 0 Å². The second-order valence-electron chi connectivity index (χ2n) is 5.99. The van der Waals surface area contributed by atoms with Gasteiger partial charge < -0.3 is 0 Å². The van der Waals surface area contributed by atoms with Crippen LogP contribution in [0.15, 0.2) is 10.6 Å². The van der Waals surface area contributed by atoms with Crippen molar-refractivity contribution in [1.29, 1.82) is 0 Å². The van der Waals surface area contributed by atoms with E-state index < -0.39 is 21.1 Å². The van der Waals surface area contributed by atoms with Crippen molar-refractivity contribution in [3.63, 3.8) is 0 Å². The van der Waals surface area contributed by atoms with Crippen LogP contribution in [0.4, 0.5) is 0 Å². The molecule has 0 N–H and O–H groups in total. The first kappa shape index (κ1) is 18.1. The minimum atomic E-state index is -0.747. The second kappa shape index (κ2) is 9.86. The Balaban J connectivity index is 2.80. The van der Waals surface area contributed by atoms with Gasteiger partial charge in [-0.15, -0.1) is 0 Å². The van der Waals surface area contributed by atoms with E-state index in [1.807, 2.05) is 13.1 Å². The number of oxazole rings is 1. The van der Waals surface area contributed by atoms with E-state index in [-0.39, 0.29) is 0 Å². The molecule has 0 fully saturated rings. The van der Waals surface area contributed by atoms with Crippen LogP contribution in [0, 0.1) is 6.92 Å². The molecule has 0 aliphatic heterocycles. The van der Waals surface area contributed by atoms with Gasteiger partial charge in [-0.05, 0) is 0 Å². The van der Waals surface area contributed by atoms with E-state index >= 15 is 0 Å². The number of aryl methyl sites for hydroxylation is 1. The van der Waals surface area contributed by atoms with Crippen LogP contribution in [-0.2, 0) is 0 Å². The summed E-state index contributed by atoms with van der Waals surface area (Å²) < 4.78 is 7.55. The summed E-state index contributed by atoms with van der Waals surface area (Å²) in [5.41, 5.74) is 0. The fourth-order valence-corrected chi connectivity index (χ4v) is 7.60. The fraction of sp³-hybridized carbons (Fsp3) is 0.824. The van der Waals surface area contributed by atoms with E-state index in [0.29, 0.717) is 3.43 Å². The minimum absolute atomic E-state index is 0.586. The van der Waals surface area contributed by atoms with Crippen LogP contribution in [-0.4, -0.2) is 26.1 Å². The molecule has 20 heavy (non-hydrogen) atoms. The van der Waals surface area contributed by atoms with Crippen LogP contribution in [0.2, 0.25) is 3.43 Å². The summed E-state index contributed by atoms with van der Waals surface area (Å²) in [6.07, 6.45) is 14.1. The average Bonchev–Trinajstić information content (AvgIpc) is 2.85. The van der Waals surface area contributed by atoms with Gasteiger partial charge >= 0.3 is 135 Å². The van der Waals surface area contributed by atoms with E-state index in [9.17, 15) is 0 Å². The Morgan fingerprint density at radius 3 is 1.85 bits per heavy atom. The van der Waals surface area contributed by atoms with E-state index in [0.717, 1.165) is 9.67 Å². The molecule has 0 saturated heterocycles. The number of aromatic nitrogens is 1. The zero-order valence-electron chi connectivity index (χ0n) is 13.8. The van der Waals surface area contributed by atoms with Gasteiger partial charge in [0.1, 0.15) is 0 Å². The Labute approximate surface area is 135 Å². The van der Waals surface area contributed by atoms with E-state index in [1.54, 1.807) is 0 Å². The Bertz CT molecular complexity index is 340. The average molecular weight is 384 g/mol. The van der Waals surface area contributed by atoms with Crippen molar-refractivity contribution in [3.8, 4) is 0 Å². The predicted molar refractivity (Wildman–Crippen MR) is 87.9 cm³/mol. The third kappa shape index (κ3) is 6.19. The molecule has 0 aliphatic rings. The first-order chi connectivity index (χ1) is 9.65. The van der Waals surface area contributed by atoms with Crippen molar-refractivity contribution in [3.05, 3.63) is 12.0 Å². The summed E-state index contributed by atoms with van der Waals surface area (Å²) >= 11 is -0.747. The van der Waals surface area contributed by atoms with E-state index in [2.05, 4.69) is 25.8 Å². The Kier molecular flexibility index (Phi) is 8.90. The molecular formula is C17H31NOSn. The summed E-state index contributed by atoms with van der Waals surface area (Å²) in [6, 6.07) is 0. The molecule has 0 aliphatic carbocycles. The van der Waals surface area contributed by atoms with Gasteiger partial charge in [0.2, 0.25) is 0 Å². The zero-order valence-corrected chi connectivity index (χ0v) is 16.7. The van der Waals surface area contributed by atoms with Crippen LogP contribution in [0.25, 0.3) is 0 Å². The third-order valence-corrected chi connectivity index (χ3v) is 8.94. The van der Waals surface area contributed by atoms with E-state index in [1.165, 1.54) is 57.8 Å². The van der Waals surface area contributed by atoms with Crippen molar-refractivity contribution in [2.75, 3.05) is 0 Å². The number of hydrogen-bond donors (Lipinski definition) is 0. The number of hydrogen-bond acceptors (Lipinski definition) is 2. The van der Waals surface area contributed by atoms with Gasteiger partial charge in [0.25, 0.3) is 0 Å². The maximum absolute atomic E-state index is 5.84. The molecule has 3 heteroatoms. The van der Waals surface area contributed by atoms with Gasteiger partial charge in [-0.1, -0.05) is 0 Å². The van der Waals surface area contributed by atoms with Crippen molar-refractivity contribution in [2.45, 2.75) is 88.9 Å². The van der Waals surface area contributed by atoms with Crippen molar-refractivity contribution < 1.29 is 4.42 Å². The Morgan fingerprint density at radius 2 is 1.50 bits per heavy atom. The quantitative estimate of drug-likeness (QED) is 0.500. The van der Waals surface area contributed by atoms with Crippen LogP contribution >= 0.6 is 0 Å². The Hall–Kier alpha value is 0.00870. The molecule has 0 saturated carbocycles. The van der Waals surface area contributed by atoms with Gasteiger partial charge in [0.05, 0.1) is 0 Å². The zero-order chi connectivity index (χ0) is 14.8. The summed E-state index contributed by atoms with van der Waals surface area (Å²) in [7, 11) is 0. The van der Waals surface area contributed by atoms with Crippen molar-refractivity contribution >= 4 is 25.0 Å². The van der Waals surface area contributed by atoms with Gasteiger partial charge in [0, 0.05) is 0 Å². The third-order valence-electron chi connectivity index (χ3n) is 4.02. The molecule has 0 unspecified atom stereocenters. The molecule has 0 bridgehead atoms. The molecule has 1 rings (SSSR count). The molecule has 114 valence electrons. The van der Waals surface area contributed by atoms with Crippen LogP contribution in [0.3, 0.4) is 0 Å². The topological polar surface area (TPSA) is 26.0 Å². The molecule has 2 nitrogen and oxygen atoms in total. The van der Waals surface area contributed by atoms with Gasteiger partial charge in [-0.2, -0.15) is 0 Å². The molecule has 1 heterocycles. The normalized spacial score (nSPS) is 12.0. The molecule has 2 radical (unpaired) electrons. The summed E-state index contributed by atoms with van der Waals surface area (Å²) in [5.74, 6) is 0.983. The fourth-order valence-electron chi connectivity index (χ4n) is 2.75. The summed E-state index contributed by atoms with van der Waals surface area (Å²) in [6.45, 7) is 8.95. The molecule has 0 spiro atoms. The maximum atomic E-state index is 5.84. The summed E-state index contributed by atoms with van der Waals surface area (Å²) in [4.78, 5) is 4.53. The van der Waals surface area contributed by atoms with Crippen molar-refractivity contribution in [1.82, 2.24) is 4.98 Å². The van der Waals surface area contributed by atoms with Crippen molar-refractivity contribution in [2.24, 2.45) is 0 Å². The molecule has 0 atom stereocenters. The molecular weight excluding hydrogens is 353 g/mol. The van der Waals surface area contributed by atoms with Crippen LogP contribution in [0.5, 0.6) is 0 Å².